The second-order valence-electron chi connectivity index (χ2n) is 7.72. The van der Waals surface area contributed by atoms with E-state index in [1.165, 1.54) is 12.1 Å². The molecule has 0 unspecified atom stereocenters. The number of hydrogen-bond donors (Lipinski definition) is 3. The lowest BCUT2D eigenvalue weighted by atomic mass is 9.89. The van der Waals surface area contributed by atoms with E-state index in [4.69, 9.17) is 4.74 Å². The molecule has 3 aromatic rings. The van der Waals surface area contributed by atoms with Crippen LogP contribution in [-0.2, 0) is 6.18 Å². The van der Waals surface area contributed by atoms with Gasteiger partial charge in [0.15, 0.2) is 0 Å². The van der Waals surface area contributed by atoms with Gasteiger partial charge in [-0.25, -0.2) is 0 Å². The molecule has 1 aliphatic rings. The highest BCUT2D eigenvalue weighted by molar-refractivity contribution is 6.00. The highest BCUT2D eigenvalue weighted by Gasteiger charge is 2.40. The zero-order valence-electron chi connectivity index (χ0n) is 16.7. The third kappa shape index (κ3) is 4.35. The number of fused-ring (bicyclic) bond motifs is 1. The van der Waals surface area contributed by atoms with Gasteiger partial charge in [0, 0.05) is 24.0 Å². The summed E-state index contributed by atoms with van der Waals surface area (Å²) >= 11 is 0. The van der Waals surface area contributed by atoms with Crippen LogP contribution >= 0.6 is 0 Å². The minimum atomic E-state index is -4.41. The highest BCUT2D eigenvalue weighted by atomic mass is 19.4. The number of β-amino-alcohol motifs (C(OH)–C–C–N with tert-alkyl or cyclic N) is 1. The van der Waals surface area contributed by atoms with Gasteiger partial charge in [0.25, 0.3) is 5.91 Å². The largest absolute Gasteiger partial charge is 0.457 e. The number of carbonyl (C=O) groups is 1. The average Bonchev–Trinajstić information content (AvgIpc) is 2.71. The van der Waals surface area contributed by atoms with Gasteiger partial charge in [-0.05, 0) is 60.8 Å². The topological polar surface area (TPSA) is 70.6 Å². The number of nitrogens with one attached hydrogen (secondary N) is 2. The first-order valence-electron chi connectivity index (χ1n) is 9.78. The van der Waals surface area contributed by atoms with Crippen LogP contribution in [0.4, 0.5) is 13.2 Å². The molecular weight excluding hydrogens is 409 g/mol. The Morgan fingerprint density at radius 1 is 1.13 bits per heavy atom. The van der Waals surface area contributed by atoms with Crippen molar-refractivity contribution in [2.45, 2.75) is 24.7 Å². The lowest BCUT2D eigenvalue weighted by Gasteiger charge is -2.42. The normalized spacial score (nSPS) is 16.4. The molecule has 162 valence electrons. The summed E-state index contributed by atoms with van der Waals surface area (Å²) in [5, 5.41) is 17.6. The Morgan fingerprint density at radius 3 is 2.45 bits per heavy atom. The Kier molecular flexibility index (Phi) is 5.36. The lowest BCUT2D eigenvalue weighted by molar-refractivity contribution is -0.137. The molecule has 4 rings (SSSR count). The molecule has 0 bridgehead atoms. The Hall–Kier alpha value is -3.10. The van der Waals surface area contributed by atoms with Crippen molar-refractivity contribution < 1.29 is 27.8 Å². The Balaban J connectivity index is 1.53. The molecule has 1 heterocycles. The van der Waals surface area contributed by atoms with Gasteiger partial charge >= 0.3 is 6.18 Å². The minimum Gasteiger partial charge on any atom is -0.457 e. The zero-order valence-corrected chi connectivity index (χ0v) is 16.7. The summed E-state index contributed by atoms with van der Waals surface area (Å²) in [5.74, 6) is 0.440. The number of aliphatic hydroxyl groups is 1. The fourth-order valence-corrected chi connectivity index (χ4v) is 3.42. The van der Waals surface area contributed by atoms with Crippen molar-refractivity contribution in [1.82, 2.24) is 10.6 Å². The molecule has 5 nitrogen and oxygen atoms in total. The Labute approximate surface area is 176 Å². The number of ether oxygens (including phenoxy) is 1. The third-order valence-electron chi connectivity index (χ3n) is 5.53. The van der Waals surface area contributed by atoms with Crippen molar-refractivity contribution in [3.8, 4) is 11.5 Å². The first kappa shape index (κ1) is 21.1. The first-order valence-corrected chi connectivity index (χ1v) is 9.78. The van der Waals surface area contributed by atoms with Crippen molar-refractivity contribution in [3.05, 3.63) is 71.8 Å². The Bertz CT molecular complexity index is 1110. The standard InChI is InChI=1S/C23H21F3N2O3/c1-14(22(30)12-27-13-22)28-21(29)16-5-10-19-15(11-16)3-2-4-20(19)31-18-8-6-17(7-9-18)23(24,25)26/h2-11,14,27,30H,12-13H2,1H3,(H,28,29)/t14-/m1/s1. The molecule has 1 fully saturated rings. The SMILES string of the molecule is C[C@@H](NC(=O)c1ccc2c(Oc3ccc(C(F)(F)F)cc3)cccc2c1)C1(O)CNC1. The van der Waals surface area contributed by atoms with Gasteiger partial charge in [0.1, 0.15) is 17.1 Å². The fourth-order valence-electron chi connectivity index (χ4n) is 3.42. The molecule has 1 aliphatic heterocycles. The van der Waals surface area contributed by atoms with Crippen LogP contribution in [0, 0.1) is 0 Å². The fraction of sp³-hybridized carbons (Fsp3) is 0.261. The van der Waals surface area contributed by atoms with E-state index in [-0.39, 0.29) is 11.7 Å². The van der Waals surface area contributed by atoms with E-state index in [0.717, 1.165) is 17.5 Å². The summed E-state index contributed by atoms with van der Waals surface area (Å²) in [6.07, 6.45) is -4.41. The van der Waals surface area contributed by atoms with Crippen molar-refractivity contribution in [1.29, 1.82) is 0 Å². The van der Waals surface area contributed by atoms with Crippen LogP contribution in [0.2, 0.25) is 0 Å². The number of halogens is 3. The molecule has 0 aromatic heterocycles. The van der Waals surface area contributed by atoms with E-state index < -0.39 is 23.4 Å². The van der Waals surface area contributed by atoms with Gasteiger partial charge in [-0.1, -0.05) is 12.1 Å². The van der Waals surface area contributed by atoms with Gasteiger partial charge in [0.05, 0.1) is 11.6 Å². The second-order valence-corrected chi connectivity index (χ2v) is 7.72. The molecule has 1 saturated heterocycles. The molecule has 1 amide bonds. The molecule has 0 saturated carbocycles. The summed E-state index contributed by atoms with van der Waals surface area (Å²) in [6.45, 7) is 2.61. The van der Waals surface area contributed by atoms with Gasteiger partial charge in [-0.3, -0.25) is 4.79 Å². The maximum Gasteiger partial charge on any atom is 0.416 e. The van der Waals surface area contributed by atoms with E-state index >= 15 is 0 Å². The van der Waals surface area contributed by atoms with E-state index in [1.807, 2.05) is 6.07 Å². The molecule has 3 aromatic carbocycles. The van der Waals surface area contributed by atoms with Crippen LogP contribution in [-0.4, -0.2) is 35.7 Å². The third-order valence-corrected chi connectivity index (χ3v) is 5.53. The molecule has 0 radical (unpaired) electrons. The summed E-state index contributed by atoms with van der Waals surface area (Å²) in [7, 11) is 0. The van der Waals surface area contributed by atoms with Crippen molar-refractivity contribution >= 4 is 16.7 Å². The molecule has 3 N–H and O–H groups in total. The molecule has 0 spiro atoms. The van der Waals surface area contributed by atoms with Crippen LogP contribution in [0.1, 0.15) is 22.8 Å². The van der Waals surface area contributed by atoms with Gasteiger partial charge in [-0.15, -0.1) is 0 Å². The minimum absolute atomic E-state index is 0.276. The average molecular weight is 430 g/mol. The van der Waals surface area contributed by atoms with Crippen LogP contribution in [0.15, 0.2) is 60.7 Å². The summed E-state index contributed by atoms with van der Waals surface area (Å²) in [5.41, 5.74) is -1.26. The first-order chi connectivity index (χ1) is 14.7. The van der Waals surface area contributed by atoms with E-state index in [1.54, 1.807) is 37.3 Å². The van der Waals surface area contributed by atoms with Crippen LogP contribution in [0.5, 0.6) is 11.5 Å². The lowest BCUT2D eigenvalue weighted by Crippen LogP contribution is -2.68. The molecule has 31 heavy (non-hydrogen) atoms. The zero-order chi connectivity index (χ0) is 22.2. The van der Waals surface area contributed by atoms with Crippen molar-refractivity contribution in [3.63, 3.8) is 0 Å². The monoisotopic (exact) mass is 430 g/mol. The van der Waals surface area contributed by atoms with Crippen LogP contribution in [0.3, 0.4) is 0 Å². The summed E-state index contributed by atoms with van der Waals surface area (Å²) in [6, 6.07) is 14.4. The predicted octanol–water partition coefficient (Wildman–Crippen LogP) is 4.10. The van der Waals surface area contributed by atoms with Crippen LogP contribution in [0.25, 0.3) is 10.8 Å². The molecule has 0 aliphatic carbocycles. The van der Waals surface area contributed by atoms with Crippen molar-refractivity contribution in [2.75, 3.05) is 13.1 Å². The van der Waals surface area contributed by atoms with Crippen LogP contribution < -0.4 is 15.4 Å². The smallest absolute Gasteiger partial charge is 0.416 e. The summed E-state index contributed by atoms with van der Waals surface area (Å²) < 4.78 is 44.0. The number of rotatable bonds is 5. The van der Waals surface area contributed by atoms with Gasteiger partial charge in [0.2, 0.25) is 0 Å². The highest BCUT2D eigenvalue weighted by Crippen LogP contribution is 2.33. The molecule has 1 atom stereocenters. The number of alkyl halides is 3. The predicted molar refractivity (Wildman–Crippen MR) is 110 cm³/mol. The maximum absolute atomic E-state index is 12.7. The molecule has 8 heteroatoms. The number of benzene rings is 3. The van der Waals surface area contributed by atoms with E-state index in [2.05, 4.69) is 10.6 Å². The Morgan fingerprint density at radius 2 is 1.84 bits per heavy atom. The van der Waals surface area contributed by atoms with E-state index in [0.29, 0.717) is 29.8 Å². The quantitative estimate of drug-likeness (QED) is 0.570. The maximum atomic E-state index is 12.7. The van der Waals surface area contributed by atoms with Gasteiger partial charge in [-0.2, -0.15) is 13.2 Å². The number of hydrogen-bond acceptors (Lipinski definition) is 4. The number of amides is 1. The second kappa shape index (κ2) is 7.86. The van der Waals surface area contributed by atoms with Gasteiger partial charge < -0.3 is 20.5 Å². The molecular formula is C23H21F3N2O3. The number of carbonyl (C=O) groups excluding carboxylic acids is 1. The van der Waals surface area contributed by atoms with Crippen molar-refractivity contribution in [2.24, 2.45) is 0 Å². The summed E-state index contributed by atoms with van der Waals surface area (Å²) in [4.78, 5) is 12.6. The van der Waals surface area contributed by atoms with E-state index in [9.17, 15) is 23.1 Å².